The molecule has 1 amide bonds. The number of terminal acetylenes is 1. The number of para-hydroxylation sites is 1. The summed E-state index contributed by atoms with van der Waals surface area (Å²) in [7, 11) is 2.92. The van der Waals surface area contributed by atoms with E-state index in [1.54, 1.807) is 13.1 Å². The largest absolute Gasteiger partial charge is 0.466 e. The minimum Gasteiger partial charge on any atom is -0.466 e. The number of methoxy groups -OCH3 is 1. The van der Waals surface area contributed by atoms with Crippen LogP contribution in [0.1, 0.15) is 5.56 Å². The summed E-state index contributed by atoms with van der Waals surface area (Å²) in [4.78, 5) is 25.9. The molecule has 2 rings (SSSR count). The maximum absolute atomic E-state index is 12.4. The number of nitrogens with zero attached hydrogens (tertiary/aromatic N) is 1. The van der Waals surface area contributed by atoms with E-state index in [0.717, 1.165) is 5.69 Å². The number of rotatable bonds is 4. The van der Waals surface area contributed by atoms with Gasteiger partial charge in [-0.15, -0.1) is 6.42 Å². The first kappa shape index (κ1) is 14.8. The number of hydrogen-bond donors (Lipinski definition) is 0. The highest BCUT2D eigenvalue weighted by Crippen LogP contribution is 2.37. The molecule has 0 aliphatic carbocycles. The van der Waals surface area contributed by atoms with Gasteiger partial charge in [0.05, 0.1) is 30.6 Å². The summed E-state index contributed by atoms with van der Waals surface area (Å²) >= 11 is 0. The first-order valence-electron chi connectivity index (χ1n) is 6.32. The fourth-order valence-electron chi connectivity index (χ4n) is 2.23. The van der Waals surface area contributed by atoms with Gasteiger partial charge in [0.1, 0.15) is 6.61 Å². The fourth-order valence-corrected chi connectivity index (χ4v) is 2.23. The van der Waals surface area contributed by atoms with Crippen molar-refractivity contribution in [3.63, 3.8) is 0 Å². The van der Waals surface area contributed by atoms with Crippen LogP contribution in [0.2, 0.25) is 0 Å². The molecule has 1 aromatic carbocycles. The van der Waals surface area contributed by atoms with Crippen LogP contribution >= 0.6 is 0 Å². The van der Waals surface area contributed by atoms with E-state index < -0.39 is 5.97 Å². The molecule has 1 aliphatic rings. The van der Waals surface area contributed by atoms with Crippen LogP contribution < -0.4 is 4.90 Å². The van der Waals surface area contributed by atoms with Crippen molar-refractivity contribution in [2.75, 3.05) is 32.3 Å². The highest BCUT2D eigenvalue weighted by Gasteiger charge is 2.34. The summed E-state index contributed by atoms with van der Waals surface area (Å²) in [6.45, 7) is -0.0143. The zero-order chi connectivity index (χ0) is 15.4. The molecule has 0 fully saturated rings. The van der Waals surface area contributed by atoms with Crippen molar-refractivity contribution in [3.05, 3.63) is 35.4 Å². The molecule has 0 atom stereocenters. The van der Waals surface area contributed by atoms with E-state index in [1.807, 2.05) is 18.2 Å². The van der Waals surface area contributed by atoms with Gasteiger partial charge in [0.2, 0.25) is 0 Å². The molecule has 0 saturated heterocycles. The summed E-state index contributed by atoms with van der Waals surface area (Å²) in [5.74, 6) is 1.46. The topological polar surface area (TPSA) is 55.8 Å². The number of carbonyl (C=O) groups is 2. The van der Waals surface area contributed by atoms with E-state index in [0.29, 0.717) is 11.1 Å². The molecule has 0 unspecified atom stereocenters. The van der Waals surface area contributed by atoms with E-state index in [4.69, 9.17) is 15.9 Å². The number of anilines is 1. The van der Waals surface area contributed by atoms with Crippen LogP contribution in [0.5, 0.6) is 0 Å². The molecule has 0 N–H and O–H groups in total. The molecule has 0 bridgehead atoms. The molecule has 1 aromatic rings. The lowest BCUT2D eigenvalue weighted by Gasteiger charge is -2.10. The van der Waals surface area contributed by atoms with Crippen molar-refractivity contribution >= 4 is 23.1 Å². The molecule has 0 aromatic heterocycles. The van der Waals surface area contributed by atoms with E-state index in [-0.39, 0.29) is 24.7 Å². The third kappa shape index (κ3) is 2.67. The highest BCUT2D eigenvalue weighted by atomic mass is 16.5. The average molecular weight is 285 g/mol. The van der Waals surface area contributed by atoms with Crippen molar-refractivity contribution in [3.8, 4) is 12.3 Å². The first-order valence-corrected chi connectivity index (χ1v) is 6.32. The van der Waals surface area contributed by atoms with Gasteiger partial charge in [0.25, 0.3) is 5.91 Å². The van der Waals surface area contributed by atoms with Crippen molar-refractivity contribution in [2.45, 2.75) is 0 Å². The molecule has 0 spiro atoms. The van der Waals surface area contributed by atoms with Gasteiger partial charge in [-0.1, -0.05) is 24.1 Å². The van der Waals surface area contributed by atoms with Gasteiger partial charge in [-0.2, -0.15) is 0 Å². The predicted molar refractivity (Wildman–Crippen MR) is 78.4 cm³/mol. The van der Waals surface area contributed by atoms with Crippen LogP contribution in [0.4, 0.5) is 5.69 Å². The first-order chi connectivity index (χ1) is 10.1. The van der Waals surface area contributed by atoms with E-state index in [9.17, 15) is 9.59 Å². The number of carbonyl (C=O) groups excluding carboxylic acids is 2. The number of likely N-dealkylation sites (N-methyl/N-ethyl adjacent to an activating group) is 1. The molecule has 21 heavy (non-hydrogen) atoms. The van der Waals surface area contributed by atoms with Crippen LogP contribution in [0, 0.1) is 12.3 Å². The Hall–Kier alpha value is -2.58. The Labute approximate surface area is 123 Å². The average Bonchev–Trinajstić information content (AvgIpc) is 2.76. The van der Waals surface area contributed by atoms with Gasteiger partial charge in [-0.05, 0) is 6.07 Å². The summed E-state index contributed by atoms with van der Waals surface area (Å²) in [5.41, 5.74) is 1.91. The third-order valence-electron chi connectivity index (χ3n) is 3.22. The van der Waals surface area contributed by atoms with E-state index >= 15 is 0 Å². The molecule has 5 nitrogen and oxygen atoms in total. The standard InChI is InChI=1S/C16H15NO4/c1-4-9-21-10-12(16(19)20-3)14-11-7-5-6-8-13(11)17(2)15(14)18/h1,5-8H,9-10H2,2-3H3/b14-12+. The molecule has 1 aliphatic heterocycles. The van der Waals surface area contributed by atoms with Gasteiger partial charge in [-0.3, -0.25) is 4.79 Å². The van der Waals surface area contributed by atoms with Crippen LogP contribution in [0.15, 0.2) is 29.8 Å². The maximum atomic E-state index is 12.4. The van der Waals surface area contributed by atoms with Crippen LogP contribution in [0.25, 0.3) is 5.57 Å². The van der Waals surface area contributed by atoms with Crippen molar-refractivity contribution in [2.24, 2.45) is 0 Å². The smallest absolute Gasteiger partial charge is 0.336 e. The second-order valence-electron chi connectivity index (χ2n) is 4.42. The van der Waals surface area contributed by atoms with Crippen molar-refractivity contribution < 1.29 is 19.1 Å². The van der Waals surface area contributed by atoms with Gasteiger partial charge < -0.3 is 14.4 Å². The summed E-state index contributed by atoms with van der Waals surface area (Å²) in [5, 5.41) is 0. The fraction of sp³-hybridized carbons (Fsp3) is 0.250. The summed E-state index contributed by atoms with van der Waals surface area (Å²) < 4.78 is 9.97. The monoisotopic (exact) mass is 285 g/mol. The molecule has 108 valence electrons. The van der Waals surface area contributed by atoms with Gasteiger partial charge in [-0.25, -0.2) is 4.79 Å². The Balaban J connectivity index is 2.53. The SMILES string of the molecule is C#CCOC/C(C(=O)OC)=C1\C(=O)N(C)c2ccccc21. The number of fused-ring (bicyclic) bond motifs is 1. The summed E-state index contributed by atoms with van der Waals surface area (Å²) in [6.07, 6.45) is 5.12. The van der Waals surface area contributed by atoms with Gasteiger partial charge in [0, 0.05) is 12.6 Å². The van der Waals surface area contributed by atoms with Crippen molar-refractivity contribution in [1.82, 2.24) is 0 Å². The zero-order valence-electron chi connectivity index (χ0n) is 11.9. The quantitative estimate of drug-likeness (QED) is 0.361. The second kappa shape index (κ2) is 6.25. The lowest BCUT2D eigenvalue weighted by molar-refractivity contribution is -0.136. The number of ether oxygens (including phenoxy) is 2. The summed E-state index contributed by atoms with van der Waals surface area (Å²) in [6, 6.07) is 7.24. The lowest BCUT2D eigenvalue weighted by atomic mass is 10.0. The van der Waals surface area contributed by atoms with Crippen molar-refractivity contribution in [1.29, 1.82) is 0 Å². The molecule has 5 heteroatoms. The Morgan fingerprint density at radius 2 is 2.10 bits per heavy atom. The Kier molecular flexibility index (Phi) is 4.41. The minimum absolute atomic E-state index is 0.0550. The normalized spacial score (nSPS) is 15.5. The third-order valence-corrected chi connectivity index (χ3v) is 3.22. The molecular weight excluding hydrogens is 270 g/mol. The second-order valence-corrected chi connectivity index (χ2v) is 4.42. The lowest BCUT2D eigenvalue weighted by Crippen LogP contribution is -2.23. The Morgan fingerprint density at radius 3 is 2.76 bits per heavy atom. The Bertz CT molecular complexity index is 654. The zero-order valence-corrected chi connectivity index (χ0v) is 11.9. The van der Waals surface area contributed by atoms with E-state index in [1.165, 1.54) is 12.0 Å². The Morgan fingerprint density at radius 1 is 1.38 bits per heavy atom. The van der Waals surface area contributed by atoms with Crippen LogP contribution in [0.3, 0.4) is 0 Å². The number of amides is 1. The molecule has 1 heterocycles. The molecule has 0 radical (unpaired) electrons. The number of esters is 1. The van der Waals surface area contributed by atoms with Crippen LogP contribution in [-0.4, -0.2) is 39.2 Å². The highest BCUT2D eigenvalue weighted by molar-refractivity contribution is 6.35. The van der Waals surface area contributed by atoms with E-state index in [2.05, 4.69) is 5.92 Å². The van der Waals surface area contributed by atoms with Gasteiger partial charge >= 0.3 is 5.97 Å². The maximum Gasteiger partial charge on any atom is 0.336 e. The molecule has 0 saturated carbocycles. The number of hydrogen-bond acceptors (Lipinski definition) is 4. The molecular formula is C16H15NO4. The predicted octanol–water partition coefficient (Wildman–Crippen LogP) is 1.24. The van der Waals surface area contributed by atoms with Crippen LogP contribution in [-0.2, 0) is 19.1 Å². The van der Waals surface area contributed by atoms with Gasteiger partial charge in [0.15, 0.2) is 0 Å². The minimum atomic E-state index is -0.597. The number of benzene rings is 1.